The minimum Gasteiger partial charge on any atom is -0.387 e. The second kappa shape index (κ2) is 5.53. The van der Waals surface area contributed by atoms with Crippen LogP contribution in [0.1, 0.15) is 31.9 Å². The molecule has 0 saturated carbocycles. The molecule has 3 atom stereocenters. The third-order valence-electron chi connectivity index (χ3n) is 3.90. The average Bonchev–Trinajstić information content (AvgIpc) is 2.70. The molecule has 1 aliphatic heterocycles. The van der Waals surface area contributed by atoms with E-state index in [1.807, 2.05) is 13.8 Å². The largest absolute Gasteiger partial charge is 0.387 e. The van der Waals surface area contributed by atoms with Crippen molar-refractivity contribution in [2.45, 2.75) is 38.0 Å². The summed E-state index contributed by atoms with van der Waals surface area (Å²) in [7, 11) is 0. The maximum Gasteiger partial charge on any atom is 0.129 e. The van der Waals surface area contributed by atoms with Gasteiger partial charge < -0.3 is 15.2 Å². The number of β-amino-alcohol motifs (C(OH)–C–C–N with tert-alkyl or cyclic N) is 1. The number of hydrogen-bond acceptors (Lipinski definition) is 3. The van der Waals surface area contributed by atoms with Crippen LogP contribution >= 0.6 is 0 Å². The van der Waals surface area contributed by atoms with Crippen molar-refractivity contribution in [2.24, 2.45) is 0 Å². The molecule has 0 spiro atoms. The summed E-state index contributed by atoms with van der Waals surface area (Å²) in [6, 6.07) is 3.09. The zero-order valence-corrected chi connectivity index (χ0v) is 11.1. The monoisotopic (exact) mass is 271 g/mol. The van der Waals surface area contributed by atoms with Crippen molar-refractivity contribution in [3.8, 4) is 0 Å². The first-order chi connectivity index (χ1) is 8.92. The van der Waals surface area contributed by atoms with Gasteiger partial charge in [0.25, 0.3) is 0 Å². The van der Waals surface area contributed by atoms with Crippen LogP contribution in [0.3, 0.4) is 0 Å². The number of hydrogen-bond donors (Lipinski definition) is 2. The molecule has 0 amide bonds. The van der Waals surface area contributed by atoms with E-state index in [1.165, 1.54) is 0 Å². The number of benzene rings is 1. The topological polar surface area (TPSA) is 41.5 Å². The van der Waals surface area contributed by atoms with Crippen LogP contribution in [-0.4, -0.2) is 29.9 Å². The fourth-order valence-electron chi connectivity index (χ4n) is 2.28. The number of nitrogens with one attached hydrogen (secondary N) is 1. The summed E-state index contributed by atoms with van der Waals surface area (Å²) in [5.74, 6) is -1.16. The molecule has 3 nitrogen and oxygen atoms in total. The van der Waals surface area contributed by atoms with E-state index >= 15 is 0 Å². The fourth-order valence-corrected chi connectivity index (χ4v) is 2.28. The van der Waals surface area contributed by atoms with Gasteiger partial charge in [0.05, 0.1) is 12.2 Å². The fraction of sp³-hybridized carbons (Fsp3) is 0.571. The Morgan fingerprint density at radius 3 is 2.89 bits per heavy atom. The Morgan fingerprint density at radius 1 is 1.53 bits per heavy atom. The van der Waals surface area contributed by atoms with Gasteiger partial charge in [0, 0.05) is 24.3 Å². The van der Waals surface area contributed by atoms with E-state index in [0.29, 0.717) is 6.61 Å². The van der Waals surface area contributed by atoms with Crippen molar-refractivity contribution in [1.82, 2.24) is 5.32 Å². The molecule has 0 aliphatic carbocycles. The summed E-state index contributed by atoms with van der Waals surface area (Å²) in [5, 5.41) is 13.2. The molecule has 1 aliphatic rings. The first-order valence-corrected chi connectivity index (χ1v) is 6.42. The van der Waals surface area contributed by atoms with Crippen LogP contribution < -0.4 is 5.32 Å². The summed E-state index contributed by atoms with van der Waals surface area (Å²) in [6.45, 7) is 4.77. The summed E-state index contributed by atoms with van der Waals surface area (Å²) < 4.78 is 32.1. The van der Waals surface area contributed by atoms with Crippen LogP contribution in [-0.2, 0) is 4.74 Å². The highest BCUT2D eigenvalue weighted by Crippen LogP contribution is 2.26. The lowest BCUT2D eigenvalue weighted by molar-refractivity contribution is 0.0795. The Bertz CT molecular complexity index is 455. The van der Waals surface area contributed by atoms with Gasteiger partial charge in [0.2, 0.25) is 0 Å². The third-order valence-corrected chi connectivity index (χ3v) is 3.90. The summed E-state index contributed by atoms with van der Waals surface area (Å²) >= 11 is 0. The minimum absolute atomic E-state index is 0.0251. The smallest absolute Gasteiger partial charge is 0.129 e. The maximum atomic E-state index is 13.5. The lowest BCUT2D eigenvalue weighted by Crippen LogP contribution is -2.49. The lowest BCUT2D eigenvalue weighted by atomic mass is 9.94. The molecule has 5 heteroatoms. The van der Waals surface area contributed by atoms with Crippen molar-refractivity contribution < 1.29 is 18.6 Å². The van der Waals surface area contributed by atoms with Crippen molar-refractivity contribution >= 4 is 0 Å². The second-order valence-electron chi connectivity index (χ2n) is 5.24. The van der Waals surface area contributed by atoms with Gasteiger partial charge in [0.15, 0.2) is 0 Å². The molecule has 106 valence electrons. The Morgan fingerprint density at radius 2 is 2.26 bits per heavy atom. The molecule has 1 saturated heterocycles. The van der Waals surface area contributed by atoms with E-state index in [0.717, 1.165) is 24.6 Å². The van der Waals surface area contributed by atoms with E-state index in [9.17, 15) is 13.9 Å². The zero-order chi connectivity index (χ0) is 14.0. The van der Waals surface area contributed by atoms with Gasteiger partial charge in [-0.3, -0.25) is 0 Å². The van der Waals surface area contributed by atoms with E-state index in [-0.39, 0.29) is 23.8 Å². The molecular formula is C14H19F2NO2. The van der Waals surface area contributed by atoms with E-state index in [4.69, 9.17) is 4.74 Å². The van der Waals surface area contributed by atoms with Gasteiger partial charge in [-0.25, -0.2) is 8.78 Å². The molecule has 0 radical (unpaired) electrons. The number of aliphatic hydroxyl groups is 1. The molecule has 2 N–H and O–H groups in total. The molecule has 1 heterocycles. The van der Waals surface area contributed by atoms with Crippen LogP contribution in [0.15, 0.2) is 18.2 Å². The van der Waals surface area contributed by atoms with E-state index < -0.39 is 17.7 Å². The van der Waals surface area contributed by atoms with Crippen LogP contribution in [0.5, 0.6) is 0 Å². The van der Waals surface area contributed by atoms with Crippen LogP contribution in [0, 0.1) is 11.6 Å². The molecular weight excluding hydrogens is 252 g/mol. The van der Waals surface area contributed by atoms with Gasteiger partial charge in [-0.05, 0) is 38.5 Å². The Labute approximate surface area is 111 Å². The first kappa shape index (κ1) is 14.4. The number of aliphatic hydroxyl groups excluding tert-OH is 1. The van der Waals surface area contributed by atoms with Gasteiger partial charge in [-0.1, -0.05) is 0 Å². The summed E-state index contributed by atoms with van der Waals surface area (Å²) in [5.41, 5.74) is -0.271. The van der Waals surface area contributed by atoms with Crippen molar-refractivity contribution in [1.29, 1.82) is 0 Å². The van der Waals surface area contributed by atoms with E-state index in [1.54, 1.807) is 0 Å². The molecule has 3 unspecified atom stereocenters. The van der Waals surface area contributed by atoms with Crippen molar-refractivity contribution in [2.75, 3.05) is 13.2 Å². The Hall–Kier alpha value is -1.04. The molecule has 19 heavy (non-hydrogen) atoms. The Kier molecular flexibility index (Phi) is 4.18. The first-order valence-electron chi connectivity index (χ1n) is 6.42. The molecule has 0 aromatic heterocycles. The van der Waals surface area contributed by atoms with Crippen molar-refractivity contribution in [3.05, 3.63) is 35.4 Å². The quantitative estimate of drug-likeness (QED) is 0.881. The minimum atomic E-state index is -1.08. The molecule has 1 fully saturated rings. The molecule has 1 aromatic rings. The summed E-state index contributed by atoms with van der Waals surface area (Å²) in [6.07, 6.45) is -0.232. The van der Waals surface area contributed by atoms with Gasteiger partial charge in [-0.15, -0.1) is 0 Å². The van der Waals surface area contributed by atoms with Crippen LogP contribution in [0.4, 0.5) is 8.78 Å². The zero-order valence-electron chi connectivity index (χ0n) is 11.1. The molecule has 2 rings (SSSR count). The lowest BCUT2D eigenvalue weighted by Gasteiger charge is -2.30. The van der Waals surface area contributed by atoms with E-state index in [2.05, 4.69) is 5.32 Å². The van der Waals surface area contributed by atoms with Gasteiger partial charge in [0.1, 0.15) is 11.6 Å². The molecule has 1 aromatic carbocycles. The van der Waals surface area contributed by atoms with Crippen LogP contribution in [0.2, 0.25) is 0 Å². The number of ether oxygens (including phenoxy) is 1. The maximum absolute atomic E-state index is 13.5. The normalized spacial score (nSPS) is 28.6. The van der Waals surface area contributed by atoms with Gasteiger partial charge in [-0.2, -0.15) is 0 Å². The summed E-state index contributed by atoms with van der Waals surface area (Å²) in [4.78, 5) is 0. The Balaban J connectivity index is 2.01. The highest BCUT2D eigenvalue weighted by molar-refractivity contribution is 5.21. The second-order valence-corrected chi connectivity index (χ2v) is 5.24. The standard InChI is InChI=1S/C14H19F2NO2/c1-9-14(2,5-6-19-9)17-8-13(18)11-7-10(15)3-4-12(11)16/h3-4,7,9,13,17-18H,5-6,8H2,1-2H3. The molecule has 0 bridgehead atoms. The number of halogens is 2. The van der Waals surface area contributed by atoms with Crippen molar-refractivity contribution in [3.63, 3.8) is 0 Å². The average molecular weight is 271 g/mol. The predicted molar refractivity (Wildman–Crippen MR) is 67.8 cm³/mol. The highest BCUT2D eigenvalue weighted by Gasteiger charge is 2.36. The highest BCUT2D eigenvalue weighted by atomic mass is 19.1. The third kappa shape index (κ3) is 3.11. The van der Waals surface area contributed by atoms with Crippen LogP contribution in [0.25, 0.3) is 0 Å². The predicted octanol–water partition coefficient (Wildman–Crippen LogP) is 2.16. The SMILES string of the molecule is CC1OCCC1(C)NCC(O)c1cc(F)ccc1F. The van der Waals surface area contributed by atoms with Gasteiger partial charge >= 0.3 is 0 Å². The number of rotatable bonds is 4.